The number of hydrogen-bond donors (Lipinski definition) is 1. The molecule has 0 bridgehead atoms. The predicted octanol–water partition coefficient (Wildman–Crippen LogP) is 3.37. The first-order valence-electron chi connectivity index (χ1n) is 5.23. The summed E-state index contributed by atoms with van der Waals surface area (Å²) in [6, 6.07) is 7.99. The lowest BCUT2D eigenvalue weighted by molar-refractivity contribution is 0.727. The molecule has 0 unspecified atom stereocenters. The maximum absolute atomic E-state index is 5.71. The van der Waals surface area contributed by atoms with Crippen molar-refractivity contribution in [2.45, 2.75) is 17.6 Å². The number of anilines is 1. The molecular weight excluding hydrogens is 298 g/mol. The highest BCUT2D eigenvalue weighted by molar-refractivity contribution is 9.10. The van der Waals surface area contributed by atoms with Crippen LogP contribution >= 0.6 is 27.7 Å². The van der Waals surface area contributed by atoms with Crippen LogP contribution in [0.1, 0.15) is 11.4 Å². The first-order valence-corrected chi connectivity index (χ1v) is 7.01. The molecule has 0 spiro atoms. The molecule has 17 heavy (non-hydrogen) atoms. The highest BCUT2D eigenvalue weighted by atomic mass is 79.9. The average Bonchev–Trinajstić information content (AvgIpc) is 2.56. The van der Waals surface area contributed by atoms with Crippen LogP contribution in [0.2, 0.25) is 0 Å². The number of thioether (sulfide) groups is 1. The SMILES string of the molecule is Cc1cc(CSc2ccc(N)cc2Br)n(C)n1. The van der Waals surface area contributed by atoms with Crippen molar-refractivity contribution < 1.29 is 0 Å². The van der Waals surface area contributed by atoms with E-state index in [-0.39, 0.29) is 0 Å². The molecule has 3 nitrogen and oxygen atoms in total. The van der Waals surface area contributed by atoms with Crippen molar-refractivity contribution in [2.75, 3.05) is 5.73 Å². The Kier molecular flexibility index (Phi) is 3.79. The molecule has 2 N–H and O–H groups in total. The van der Waals surface area contributed by atoms with Crippen LogP contribution in [0.3, 0.4) is 0 Å². The van der Waals surface area contributed by atoms with E-state index >= 15 is 0 Å². The van der Waals surface area contributed by atoms with Crippen LogP contribution in [0.15, 0.2) is 33.6 Å². The van der Waals surface area contributed by atoms with E-state index in [0.29, 0.717) is 0 Å². The summed E-state index contributed by atoms with van der Waals surface area (Å²) in [4.78, 5) is 1.19. The van der Waals surface area contributed by atoms with E-state index in [1.807, 2.05) is 36.9 Å². The Bertz CT molecular complexity index is 537. The third-order valence-electron chi connectivity index (χ3n) is 2.43. The standard InChI is InChI=1S/C12H14BrN3S/c1-8-5-10(16(2)15-8)7-17-12-4-3-9(14)6-11(12)13/h3-6H,7,14H2,1-2H3. The number of aryl methyl sites for hydroxylation is 2. The minimum Gasteiger partial charge on any atom is -0.399 e. The number of benzene rings is 1. The predicted molar refractivity (Wildman–Crippen MR) is 76.1 cm³/mol. The van der Waals surface area contributed by atoms with Crippen LogP contribution in [0, 0.1) is 6.92 Å². The summed E-state index contributed by atoms with van der Waals surface area (Å²) in [6.07, 6.45) is 0. The number of hydrogen-bond acceptors (Lipinski definition) is 3. The quantitative estimate of drug-likeness (QED) is 0.698. The topological polar surface area (TPSA) is 43.8 Å². The fourth-order valence-electron chi connectivity index (χ4n) is 1.59. The van der Waals surface area contributed by atoms with Crippen molar-refractivity contribution in [2.24, 2.45) is 7.05 Å². The number of nitrogens with zero attached hydrogens (tertiary/aromatic N) is 2. The second-order valence-electron chi connectivity index (χ2n) is 3.88. The van der Waals surface area contributed by atoms with Crippen LogP contribution in [-0.2, 0) is 12.8 Å². The number of nitrogens with two attached hydrogens (primary N) is 1. The van der Waals surface area contributed by atoms with Gasteiger partial charge in [-0.25, -0.2) is 0 Å². The third-order valence-corrected chi connectivity index (χ3v) is 4.46. The number of rotatable bonds is 3. The van der Waals surface area contributed by atoms with Gasteiger partial charge in [-0.2, -0.15) is 5.10 Å². The largest absolute Gasteiger partial charge is 0.399 e. The van der Waals surface area contributed by atoms with Crippen molar-refractivity contribution in [1.82, 2.24) is 9.78 Å². The molecule has 0 atom stereocenters. The fourth-order valence-corrected chi connectivity index (χ4v) is 3.26. The number of nitrogen functional groups attached to an aromatic ring is 1. The normalized spacial score (nSPS) is 10.8. The first-order chi connectivity index (χ1) is 8.06. The lowest BCUT2D eigenvalue weighted by Crippen LogP contribution is -1.96. The maximum atomic E-state index is 5.71. The fraction of sp³-hybridized carbons (Fsp3) is 0.250. The molecule has 1 heterocycles. The summed E-state index contributed by atoms with van der Waals surface area (Å²) in [5.74, 6) is 0.903. The van der Waals surface area contributed by atoms with Crippen molar-refractivity contribution in [3.05, 3.63) is 40.1 Å². The van der Waals surface area contributed by atoms with E-state index in [1.165, 1.54) is 10.6 Å². The van der Waals surface area contributed by atoms with Gasteiger partial charge < -0.3 is 5.73 Å². The molecule has 0 saturated carbocycles. The average molecular weight is 312 g/mol. The summed E-state index contributed by atoms with van der Waals surface area (Å²) in [5, 5.41) is 4.33. The van der Waals surface area contributed by atoms with Gasteiger partial charge in [-0.3, -0.25) is 4.68 Å². The van der Waals surface area contributed by atoms with Crippen LogP contribution in [0.4, 0.5) is 5.69 Å². The molecule has 0 fully saturated rings. The molecule has 0 saturated heterocycles. The van der Waals surface area contributed by atoms with E-state index in [0.717, 1.165) is 21.6 Å². The lowest BCUT2D eigenvalue weighted by Gasteiger charge is -2.05. The molecule has 0 aliphatic rings. The van der Waals surface area contributed by atoms with Crippen LogP contribution < -0.4 is 5.73 Å². The third kappa shape index (κ3) is 3.04. The Morgan fingerprint density at radius 3 is 2.76 bits per heavy atom. The van der Waals surface area contributed by atoms with Gasteiger partial charge in [0.2, 0.25) is 0 Å². The van der Waals surface area contributed by atoms with Gasteiger partial charge >= 0.3 is 0 Å². The number of aromatic nitrogens is 2. The summed E-state index contributed by atoms with van der Waals surface area (Å²) in [6.45, 7) is 2.01. The molecule has 90 valence electrons. The van der Waals surface area contributed by atoms with Crippen molar-refractivity contribution >= 4 is 33.4 Å². The first kappa shape index (κ1) is 12.5. The number of halogens is 1. The van der Waals surface area contributed by atoms with Gasteiger partial charge in [-0.1, -0.05) is 0 Å². The Labute approximate surface area is 114 Å². The van der Waals surface area contributed by atoms with Gasteiger partial charge in [-0.05, 0) is 47.1 Å². The van der Waals surface area contributed by atoms with Gasteiger partial charge in [0.1, 0.15) is 0 Å². The van der Waals surface area contributed by atoms with E-state index < -0.39 is 0 Å². The molecule has 1 aromatic heterocycles. The van der Waals surface area contributed by atoms with Gasteiger partial charge in [-0.15, -0.1) is 11.8 Å². The van der Waals surface area contributed by atoms with Gasteiger partial charge in [0.05, 0.1) is 5.69 Å². The smallest absolute Gasteiger partial charge is 0.0596 e. The minimum absolute atomic E-state index is 0.776. The Hall–Kier alpha value is -0.940. The Morgan fingerprint density at radius 2 is 2.18 bits per heavy atom. The Balaban J connectivity index is 2.10. The second-order valence-corrected chi connectivity index (χ2v) is 5.75. The summed E-state index contributed by atoms with van der Waals surface area (Å²) < 4.78 is 2.97. The maximum Gasteiger partial charge on any atom is 0.0596 e. The lowest BCUT2D eigenvalue weighted by atomic mass is 10.3. The van der Waals surface area contributed by atoms with Gasteiger partial charge in [0.15, 0.2) is 0 Å². The van der Waals surface area contributed by atoms with Gasteiger partial charge in [0, 0.05) is 33.6 Å². The minimum atomic E-state index is 0.776. The molecular formula is C12H14BrN3S. The van der Waals surface area contributed by atoms with E-state index in [4.69, 9.17) is 5.73 Å². The molecule has 1 aromatic carbocycles. The van der Waals surface area contributed by atoms with Crippen LogP contribution in [0.5, 0.6) is 0 Å². The molecule has 0 aliphatic carbocycles. The zero-order valence-corrected chi connectivity index (χ0v) is 12.2. The van der Waals surface area contributed by atoms with E-state index in [1.54, 1.807) is 11.8 Å². The van der Waals surface area contributed by atoms with Crippen LogP contribution in [0.25, 0.3) is 0 Å². The summed E-state index contributed by atoms with van der Waals surface area (Å²) in [7, 11) is 1.97. The molecule has 0 radical (unpaired) electrons. The van der Waals surface area contributed by atoms with Crippen molar-refractivity contribution in [3.63, 3.8) is 0 Å². The highest BCUT2D eigenvalue weighted by Gasteiger charge is 2.05. The molecule has 2 rings (SSSR count). The summed E-state index contributed by atoms with van der Waals surface area (Å²) in [5.41, 5.74) is 8.76. The highest BCUT2D eigenvalue weighted by Crippen LogP contribution is 2.31. The van der Waals surface area contributed by atoms with E-state index in [9.17, 15) is 0 Å². The van der Waals surface area contributed by atoms with Crippen LogP contribution in [-0.4, -0.2) is 9.78 Å². The monoisotopic (exact) mass is 311 g/mol. The van der Waals surface area contributed by atoms with E-state index in [2.05, 4.69) is 27.1 Å². The zero-order valence-electron chi connectivity index (χ0n) is 9.77. The Morgan fingerprint density at radius 1 is 1.41 bits per heavy atom. The second kappa shape index (κ2) is 5.14. The molecule has 0 amide bonds. The molecule has 2 aromatic rings. The molecule has 0 aliphatic heterocycles. The van der Waals surface area contributed by atoms with Gasteiger partial charge in [0.25, 0.3) is 0 Å². The summed E-state index contributed by atoms with van der Waals surface area (Å²) >= 11 is 5.29. The molecule has 5 heteroatoms. The van der Waals surface area contributed by atoms with Crippen molar-refractivity contribution in [1.29, 1.82) is 0 Å². The van der Waals surface area contributed by atoms with Crippen molar-refractivity contribution in [3.8, 4) is 0 Å². The zero-order chi connectivity index (χ0) is 12.4.